The van der Waals surface area contributed by atoms with Crippen molar-refractivity contribution in [2.24, 2.45) is 0 Å². The molecule has 0 saturated carbocycles. The van der Waals surface area contributed by atoms with Crippen molar-refractivity contribution in [3.8, 4) is 0 Å². The van der Waals surface area contributed by atoms with Crippen molar-refractivity contribution < 1.29 is 18.0 Å². The summed E-state index contributed by atoms with van der Waals surface area (Å²) in [5.74, 6) is -0.657. The van der Waals surface area contributed by atoms with Crippen LogP contribution in [0.4, 0.5) is 18.3 Å². The number of anilines is 1. The maximum atomic E-state index is 12.0. The Balaban J connectivity index is 1.84. The van der Waals surface area contributed by atoms with E-state index in [2.05, 4.69) is 15.1 Å². The van der Waals surface area contributed by atoms with E-state index in [4.69, 9.17) is 0 Å². The molecule has 0 spiro atoms. The largest absolute Gasteiger partial charge is 0.405 e. The SMILES string of the molecule is C[C@H](Sc1nnc(N2CCCC2)s1)C(=O)NCC(F)(F)F. The van der Waals surface area contributed by atoms with Gasteiger partial charge in [-0.15, -0.1) is 10.2 Å². The monoisotopic (exact) mass is 340 g/mol. The fraction of sp³-hybridized carbons (Fsp3) is 0.727. The highest BCUT2D eigenvalue weighted by Gasteiger charge is 2.29. The van der Waals surface area contributed by atoms with Crippen molar-refractivity contribution in [3.63, 3.8) is 0 Å². The summed E-state index contributed by atoms with van der Waals surface area (Å²) in [5, 5.41) is 10.1. The van der Waals surface area contributed by atoms with E-state index in [1.807, 2.05) is 5.32 Å². The van der Waals surface area contributed by atoms with Crippen molar-refractivity contribution in [1.29, 1.82) is 0 Å². The third-order valence-corrected chi connectivity index (χ3v) is 5.05. The summed E-state index contributed by atoms with van der Waals surface area (Å²) >= 11 is 2.48. The van der Waals surface area contributed by atoms with Crippen LogP contribution in [-0.4, -0.2) is 47.2 Å². The van der Waals surface area contributed by atoms with E-state index in [1.54, 1.807) is 6.92 Å². The fourth-order valence-corrected chi connectivity index (χ4v) is 3.88. The Bertz CT molecular complexity index is 488. The Hall–Kier alpha value is -1.03. The number of alkyl halides is 3. The summed E-state index contributed by atoms with van der Waals surface area (Å²) in [7, 11) is 0. The molecule has 1 N–H and O–H groups in total. The first-order valence-electron chi connectivity index (χ1n) is 6.45. The van der Waals surface area contributed by atoms with Crippen LogP contribution in [0.3, 0.4) is 0 Å². The molecule has 1 aliphatic heterocycles. The quantitative estimate of drug-likeness (QED) is 0.834. The first kappa shape index (κ1) is 16.3. The highest BCUT2D eigenvalue weighted by atomic mass is 32.2. The van der Waals surface area contributed by atoms with Crippen molar-refractivity contribution >= 4 is 34.1 Å². The van der Waals surface area contributed by atoms with Gasteiger partial charge in [-0.3, -0.25) is 4.79 Å². The molecule has 0 unspecified atom stereocenters. The molecule has 1 atom stereocenters. The van der Waals surface area contributed by atoms with Gasteiger partial charge in [-0.1, -0.05) is 23.1 Å². The Morgan fingerprint density at radius 2 is 2.10 bits per heavy atom. The maximum absolute atomic E-state index is 12.0. The van der Waals surface area contributed by atoms with Gasteiger partial charge >= 0.3 is 6.18 Å². The molecule has 21 heavy (non-hydrogen) atoms. The summed E-state index contributed by atoms with van der Waals surface area (Å²) in [6.07, 6.45) is -2.15. The number of rotatable bonds is 5. The summed E-state index contributed by atoms with van der Waals surface area (Å²) < 4.78 is 36.7. The molecule has 1 aromatic rings. The summed E-state index contributed by atoms with van der Waals surface area (Å²) in [6, 6.07) is 0. The highest BCUT2D eigenvalue weighted by molar-refractivity contribution is 8.02. The lowest BCUT2D eigenvalue weighted by atomic mass is 10.4. The molecule has 10 heteroatoms. The molecule has 2 rings (SSSR count). The van der Waals surface area contributed by atoms with Gasteiger partial charge < -0.3 is 10.2 Å². The van der Waals surface area contributed by atoms with Crippen LogP contribution in [0.5, 0.6) is 0 Å². The van der Waals surface area contributed by atoms with Gasteiger partial charge in [-0.05, 0) is 19.8 Å². The van der Waals surface area contributed by atoms with Crippen LogP contribution >= 0.6 is 23.1 Å². The standard InChI is InChI=1S/C11H15F3N4OS2/c1-7(8(19)15-6-11(12,13)14)20-10-17-16-9(21-10)18-4-2-3-5-18/h7H,2-6H2,1H3,(H,15,19)/t7-/m0/s1. The van der Waals surface area contributed by atoms with E-state index in [1.165, 1.54) is 11.3 Å². The molecule has 1 fully saturated rings. The average Bonchev–Trinajstić information content (AvgIpc) is 3.04. The number of carbonyl (C=O) groups excluding carboxylic acids is 1. The van der Waals surface area contributed by atoms with E-state index in [9.17, 15) is 18.0 Å². The number of halogens is 3. The van der Waals surface area contributed by atoms with Crippen molar-refractivity contribution in [1.82, 2.24) is 15.5 Å². The number of amides is 1. The van der Waals surface area contributed by atoms with Crippen LogP contribution in [-0.2, 0) is 4.79 Å². The van der Waals surface area contributed by atoms with Crippen LogP contribution in [0.15, 0.2) is 4.34 Å². The Morgan fingerprint density at radius 3 is 2.71 bits per heavy atom. The first-order chi connectivity index (χ1) is 9.85. The minimum Gasteiger partial charge on any atom is -0.347 e. The summed E-state index contributed by atoms with van der Waals surface area (Å²) in [5.41, 5.74) is 0. The number of carbonyl (C=O) groups is 1. The molecule has 0 aliphatic carbocycles. The molecular weight excluding hydrogens is 325 g/mol. The molecular formula is C11H15F3N4OS2. The fourth-order valence-electron chi connectivity index (χ4n) is 1.82. The van der Waals surface area contributed by atoms with Crippen molar-refractivity contribution in [2.75, 3.05) is 24.5 Å². The van der Waals surface area contributed by atoms with Gasteiger partial charge in [0.1, 0.15) is 6.54 Å². The van der Waals surface area contributed by atoms with Crippen molar-refractivity contribution in [2.45, 2.75) is 35.5 Å². The second kappa shape index (κ2) is 6.82. The number of nitrogens with zero attached hydrogens (tertiary/aromatic N) is 3. The summed E-state index contributed by atoms with van der Waals surface area (Å²) in [6.45, 7) is 2.13. The van der Waals surface area contributed by atoms with E-state index in [0.717, 1.165) is 42.8 Å². The zero-order valence-electron chi connectivity index (χ0n) is 11.3. The van der Waals surface area contributed by atoms with Gasteiger partial charge in [0.15, 0.2) is 4.34 Å². The zero-order chi connectivity index (χ0) is 15.5. The molecule has 118 valence electrons. The van der Waals surface area contributed by atoms with Crippen LogP contribution < -0.4 is 10.2 Å². The van der Waals surface area contributed by atoms with Crippen LogP contribution in [0.2, 0.25) is 0 Å². The zero-order valence-corrected chi connectivity index (χ0v) is 12.9. The lowest BCUT2D eigenvalue weighted by Gasteiger charge is -2.12. The molecule has 1 saturated heterocycles. The highest BCUT2D eigenvalue weighted by Crippen LogP contribution is 2.32. The van der Waals surface area contributed by atoms with Crippen LogP contribution in [0.25, 0.3) is 0 Å². The van der Waals surface area contributed by atoms with E-state index >= 15 is 0 Å². The third kappa shape index (κ3) is 5.03. The lowest BCUT2D eigenvalue weighted by Crippen LogP contribution is -2.37. The Morgan fingerprint density at radius 1 is 1.43 bits per heavy atom. The van der Waals surface area contributed by atoms with Gasteiger partial charge in [0.05, 0.1) is 5.25 Å². The Kier molecular flexibility index (Phi) is 5.31. The molecule has 2 heterocycles. The summed E-state index contributed by atoms with van der Waals surface area (Å²) in [4.78, 5) is 13.7. The Labute approximate surface area is 128 Å². The molecule has 1 aromatic heterocycles. The van der Waals surface area contributed by atoms with Gasteiger partial charge in [-0.2, -0.15) is 13.2 Å². The van der Waals surface area contributed by atoms with Gasteiger partial charge in [0.25, 0.3) is 0 Å². The van der Waals surface area contributed by atoms with Gasteiger partial charge in [0, 0.05) is 13.1 Å². The van der Waals surface area contributed by atoms with E-state index in [0.29, 0.717) is 4.34 Å². The van der Waals surface area contributed by atoms with Gasteiger partial charge in [0.2, 0.25) is 11.0 Å². The third-order valence-electron chi connectivity index (χ3n) is 2.88. The maximum Gasteiger partial charge on any atom is 0.405 e. The molecule has 5 nitrogen and oxygen atoms in total. The molecule has 0 bridgehead atoms. The molecule has 0 aromatic carbocycles. The van der Waals surface area contributed by atoms with Crippen LogP contribution in [0, 0.1) is 0 Å². The molecule has 0 radical (unpaired) electrons. The normalized spacial score (nSPS) is 17.0. The minimum absolute atomic E-state index is 0.589. The smallest absolute Gasteiger partial charge is 0.347 e. The molecule has 1 aliphatic rings. The van der Waals surface area contributed by atoms with E-state index in [-0.39, 0.29) is 0 Å². The average molecular weight is 340 g/mol. The number of thioether (sulfide) groups is 1. The second-order valence-electron chi connectivity index (χ2n) is 4.64. The molecule has 1 amide bonds. The topological polar surface area (TPSA) is 58.1 Å². The van der Waals surface area contributed by atoms with Crippen molar-refractivity contribution in [3.05, 3.63) is 0 Å². The minimum atomic E-state index is -4.40. The number of hydrogen-bond acceptors (Lipinski definition) is 6. The predicted molar refractivity (Wildman–Crippen MR) is 75.7 cm³/mol. The second-order valence-corrected chi connectivity index (χ2v) is 7.18. The van der Waals surface area contributed by atoms with Gasteiger partial charge in [-0.25, -0.2) is 0 Å². The number of aromatic nitrogens is 2. The first-order valence-corrected chi connectivity index (χ1v) is 8.14. The lowest BCUT2D eigenvalue weighted by molar-refractivity contribution is -0.137. The predicted octanol–water partition coefficient (Wildman–Crippen LogP) is 2.30. The van der Waals surface area contributed by atoms with E-state index < -0.39 is 23.9 Å². The van der Waals surface area contributed by atoms with Crippen LogP contribution in [0.1, 0.15) is 19.8 Å². The number of hydrogen-bond donors (Lipinski definition) is 1. The number of nitrogens with one attached hydrogen (secondary N) is 1.